The van der Waals surface area contributed by atoms with Crippen molar-refractivity contribution in [2.75, 3.05) is 13.7 Å². The average molecular weight is 363 g/mol. The lowest BCUT2D eigenvalue weighted by Crippen LogP contribution is -2.41. The van der Waals surface area contributed by atoms with E-state index < -0.39 is 8.32 Å². The van der Waals surface area contributed by atoms with E-state index in [9.17, 15) is 4.39 Å². The molecular formula is C15H24BrFO2Si. The van der Waals surface area contributed by atoms with Crippen LogP contribution in [0.15, 0.2) is 22.7 Å². The largest absolute Gasteiger partial charge is 0.414 e. The van der Waals surface area contributed by atoms with E-state index in [1.54, 1.807) is 19.2 Å². The lowest BCUT2D eigenvalue weighted by molar-refractivity contribution is 0.0524. The second-order valence-electron chi connectivity index (χ2n) is 6.47. The first-order valence-electron chi connectivity index (χ1n) is 6.70. The Labute approximate surface area is 130 Å². The van der Waals surface area contributed by atoms with Crippen LogP contribution in [-0.4, -0.2) is 22.0 Å². The van der Waals surface area contributed by atoms with Crippen LogP contribution >= 0.6 is 15.9 Å². The van der Waals surface area contributed by atoms with Crippen molar-refractivity contribution in [2.24, 2.45) is 0 Å². The topological polar surface area (TPSA) is 18.5 Å². The normalized spacial score (nSPS) is 14.4. The van der Waals surface area contributed by atoms with E-state index in [0.717, 1.165) is 5.56 Å². The summed E-state index contributed by atoms with van der Waals surface area (Å²) in [6, 6.07) is 4.93. The molecule has 0 radical (unpaired) electrons. The van der Waals surface area contributed by atoms with Crippen LogP contribution in [0, 0.1) is 5.82 Å². The van der Waals surface area contributed by atoms with Gasteiger partial charge in [0.15, 0.2) is 8.32 Å². The maximum absolute atomic E-state index is 13.3. The van der Waals surface area contributed by atoms with Crippen LogP contribution < -0.4 is 0 Å². The summed E-state index contributed by atoms with van der Waals surface area (Å²) < 4.78 is 25.4. The number of hydrogen-bond acceptors (Lipinski definition) is 2. The van der Waals surface area contributed by atoms with Gasteiger partial charge in [-0.1, -0.05) is 26.8 Å². The van der Waals surface area contributed by atoms with Gasteiger partial charge in [-0.2, -0.15) is 0 Å². The lowest BCUT2D eigenvalue weighted by Gasteiger charge is -2.37. The summed E-state index contributed by atoms with van der Waals surface area (Å²) in [6.45, 7) is 11.5. The minimum atomic E-state index is -1.81. The summed E-state index contributed by atoms with van der Waals surface area (Å²) in [5.74, 6) is -0.270. The Bertz CT molecular complexity index is 458. The molecule has 5 heteroatoms. The molecule has 1 rings (SSSR count). The Morgan fingerprint density at radius 1 is 1.30 bits per heavy atom. The van der Waals surface area contributed by atoms with E-state index in [4.69, 9.17) is 9.16 Å². The van der Waals surface area contributed by atoms with Crippen molar-refractivity contribution in [3.05, 3.63) is 34.1 Å². The zero-order chi connectivity index (χ0) is 15.6. The fourth-order valence-electron chi connectivity index (χ4n) is 1.51. The molecule has 2 nitrogen and oxygen atoms in total. The summed E-state index contributed by atoms with van der Waals surface area (Å²) >= 11 is 3.20. The maximum Gasteiger partial charge on any atom is 0.192 e. The third-order valence-corrected chi connectivity index (χ3v) is 9.11. The molecular weight excluding hydrogens is 339 g/mol. The van der Waals surface area contributed by atoms with Gasteiger partial charge >= 0.3 is 0 Å². The molecule has 0 aliphatic carbocycles. The van der Waals surface area contributed by atoms with E-state index in [1.807, 2.05) is 0 Å². The van der Waals surface area contributed by atoms with Gasteiger partial charge in [-0.15, -0.1) is 0 Å². The Morgan fingerprint density at radius 2 is 1.90 bits per heavy atom. The first-order chi connectivity index (χ1) is 9.08. The smallest absolute Gasteiger partial charge is 0.192 e. The van der Waals surface area contributed by atoms with Crippen LogP contribution in [0.5, 0.6) is 0 Å². The number of rotatable bonds is 5. The quantitative estimate of drug-likeness (QED) is 0.661. The minimum Gasteiger partial charge on any atom is -0.414 e. The van der Waals surface area contributed by atoms with Crippen LogP contribution in [0.2, 0.25) is 18.1 Å². The predicted molar refractivity (Wildman–Crippen MR) is 87.0 cm³/mol. The highest BCUT2D eigenvalue weighted by molar-refractivity contribution is 9.10. The van der Waals surface area contributed by atoms with Crippen molar-refractivity contribution in [3.63, 3.8) is 0 Å². The standard InChI is InChI=1S/C15H24BrFO2Si/c1-15(2,3)20(5,6)19-10-14(18-4)11-7-8-13(17)12(16)9-11/h7-9,14H,10H2,1-6H3. The average Bonchev–Trinajstić information content (AvgIpc) is 2.32. The third-order valence-electron chi connectivity index (χ3n) is 4.00. The van der Waals surface area contributed by atoms with Crippen LogP contribution in [0.1, 0.15) is 32.4 Å². The summed E-state index contributed by atoms with van der Waals surface area (Å²) in [5.41, 5.74) is 0.916. The van der Waals surface area contributed by atoms with E-state index in [2.05, 4.69) is 49.8 Å². The van der Waals surface area contributed by atoms with Gasteiger partial charge in [0, 0.05) is 7.11 Å². The Kier molecular flexibility index (Phi) is 5.96. The molecule has 0 amide bonds. The molecule has 1 aromatic rings. The number of halogens is 2. The first kappa shape index (κ1) is 17.8. The molecule has 20 heavy (non-hydrogen) atoms. The second kappa shape index (κ2) is 6.69. The number of hydrogen-bond donors (Lipinski definition) is 0. The van der Waals surface area contributed by atoms with E-state index in [0.29, 0.717) is 11.1 Å². The molecule has 0 heterocycles. The van der Waals surface area contributed by atoms with E-state index >= 15 is 0 Å². The Morgan fingerprint density at radius 3 is 2.35 bits per heavy atom. The lowest BCUT2D eigenvalue weighted by atomic mass is 10.1. The van der Waals surface area contributed by atoms with Crippen LogP contribution in [0.25, 0.3) is 0 Å². The first-order valence-corrected chi connectivity index (χ1v) is 10.4. The molecule has 1 aromatic carbocycles. The highest BCUT2D eigenvalue weighted by Crippen LogP contribution is 2.37. The molecule has 0 aliphatic heterocycles. The van der Waals surface area contributed by atoms with Gasteiger partial charge in [0.05, 0.1) is 11.1 Å². The van der Waals surface area contributed by atoms with Gasteiger partial charge in [0.25, 0.3) is 0 Å². The number of methoxy groups -OCH3 is 1. The zero-order valence-corrected chi connectivity index (χ0v) is 15.7. The van der Waals surface area contributed by atoms with Crippen molar-refractivity contribution in [2.45, 2.75) is 45.0 Å². The van der Waals surface area contributed by atoms with Crippen LogP contribution in [0.4, 0.5) is 4.39 Å². The van der Waals surface area contributed by atoms with Gasteiger partial charge in [-0.25, -0.2) is 4.39 Å². The number of ether oxygens (including phenoxy) is 1. The second-order valence-corrected chi connectivity index (χ2v) is 12.1. The monoisotopic (exact) mass is 362 g/mol. The Hall–Kier alpha value is -0.233. The van der Waals surface area contributed by atoms with Crippen molar-refractivity contribution < 1.29 is 13.6 Å². The molecule has 0 aromatic heterocycles. The summed E-state index contributed by atoms with van der Waals surface area (Å²) in [7, 11) is -0.157. The summed E-state index contributed by atoms with van der Waals surface area (Å²) in [6.07, 6.45) is -0.180. The summed E-state index contributed by atoms with van der Waals surface area (Å²) in [4.78, 5) is 0. The molecule has 1 unspecified atom stereocenters. The van der Waals surface area contributed by atoms with Crippen LogP contribution in [-0.2, 0) is 9.16 Å². The van der Waals surface area contributed by atoms with Crippen LogP contribution in [0.3, 0.4) is 0 Å². The molecule has 0 saturated heterocycles. The van der Waals surface area contributed by atoms with Crippen molar-refractivity contribution in [3.8, 4) is 0 Å². The SMILES string of the molecule is COC(CO[Si](C)(C)C(C)(C)C)c1ccc(F)c(Br)c1. The van der Waals surface area contributed by atoms with Gasteiger partial charge < -0.3 is 9.16 Å². The highest BCUT2D eigenvalue weighted by Gasteiger charge is 2.37. The van der Waals surface area contributed by atoms with Gasteiger partial charge in [-0.05, 0) is 51.8 Å². The maximum atomic E-state index is 13.3. The zero-order valence-electron chi connectivity index (χ0n) is 13.1. The molecule has 0 saturated carbocycles. The van der Waals surface area contributed by atoms with Crippen molar-refractivity contribution >= 4 is 24.2 Å². The molecule has 0 N–H and O–H groups in total. The summed E-state index contributed by atoms with van der Waals surface area (Å²) in [5, 5.41) is 0.161. The fourth-order valence-corrected chi connectivity index (χ4v) is 2.91. The highest BCUT2D eigenvalue weighted by atomic mass is 79.9. The fraction of sp³-hybridized carbons (Fsp3) is 0.600. The predicted octanol–water partition coefficient (Wildman–Crippen LogP) is 5.30. The number of benzene rings is 1. The van der Waals surface area contributed by atoms with Crippen molar-refractivity contribution in [1.29, 1.82) is 0 Å². The third kappa shape index (κ3) is 4.38. The Balaban J connectivity index is 2.80. The molecule has 0 aliphatic rings. The van der Waals surface area contributed by atoms with E-state index in [1.165, 1.54) is 6.07 Å². The molecule has 114 valence electrons. The van der Waals surface area contributed by atoms with Gasteiger partial charge in [0.1, 0.15) is 11.9 Å². The minimum absolute atomic E-state index is 0.161. The molecule has 0 spiro atoms. The van der Waals surface area contributed by atoms with Gasteiger partial charge in [0.2, 0.25) is 0 Å². The molecule has 1 atom stereocenters. The van der Waals surface area contributed by atoms with E-state index in [-0.39, 0.29) is 17.0 Å². The molecule has 0 bridgehead atoms. The van der Waals surface area contributed by atoms with Crippen molar-refractivity contribution in [1.82, 2.24) is 0 Å². The molecule has 0 fully saturated rings. The van der Waals surface area contributed by atoms with Gasteiger partial charge in [-0.3, -0.25) is 0 Å².